The van der Waals surface area contributed by atoms with E-state index >= 15 is 0 Å². The van der Waals surface area contributed by atoms with Gasteiger partial charge >= 0.3 is 0 Å². The molecule has 3 N–H and O–H groups in total. The van der Waals surface area contributed by atoms with Crippen molar-refractivity contribution in [3.05, 3.63) is 29.6 Å². The van der Waals surface area contributed by atoms with E-state index in [2.05, 4.69) is 43.3 Å². The lowest BCUT2D eigenvalue weighted by Gasteiger charge is -2.19. The van der Waals surface area contributed by atoms with E-state index in [9.17, 15) is 9.46 Å². The molecule has 0 radical (unpaired) electrons. The fourth-order valence-electron chi connectivity index (χ4n) is 8.74. The molecule has 470 valence electrons. The zero-order valence-electron chi connectivity index (χ0n) is 51.5. The van der Waals surface area contributed by atoms with Gasteiger partial charge in [0.1, 0.15) is 5.70 Å². The van der Waals surface area contributed by atoms with Crippen LogP contribution in [0.3, 0.4) is 0 Å². The molecule has 80 heavy (non-hydrogen) atoms. The normalized spacial score (nSPS) is 12.5. The first-order valence-electron chi connectivity index (χ1n) is 32.1. The van der Waals surface area contributed by atoms with Crippen LogP contribution in [-0.2, 0) is 49.0 Å². The number of nitrogens with zero attached hydrogens (tertiary/aromatic N) is 1. The van der Waals surface area contributed by atoms with Crippen LogP contribution in [0, 0.1) is 5.53 Å². The number of benzene rings is 1. The second-order valence-electron chi connectivity index (χ2n) is 21.3. The second-order valence-corrected chi connectivity index (χ2v) is 23.8. The Labute approximate surface area is 488 Å². The average molecular weight is 1160 g/mol. The molecule has 0 bridgehead atoms. The molecule has 0 amide bonds. The summed E-state index contributed by atoms with van der Waals surface area (Å²) >= 11 is 0. The molecule has 0 fully saturated rings. The third kappa shape index (κ3) is 52.4. The Morgan fingerprint density at radius 2 is 0.725 bits per heavy atom. The fraction of sp³-hybridized carbons (Fsp3) is 0.873. The van der Waals surface area contributed by atoms with Gasteiger partial charge in [0.05, 0.1) is 126 Å². The molecule has 16 nitrogen and oxygen atoms in total. The SMILES string of the molecule is CCCCCCCCCCCCOc1cc(CN/C=C(/COCCOCCOCCOCCOCCOCCOCCOCCP(C)(=O)O)N=N)cc(OCCCCCCCCCCCC)c1OCCCCCCCCCCCC. The lowest BCUT2D eigenvalue weighted by atomic mass is 10.1. The van der Waals surface area contributed by atoms with Crippen LogP contribution in [0.25, 0.3) is 0 Å². The monoisotopic (exact) mass is 1160 g/mol. The van der Waals surface area contributed by atoms with Crippen molar-refractivity contribution in [3.63, 3.8) is 0 Å². The minimum atomic E-state index is -3.02. The second kappa shape index (κ2) is 59.8. The maximum Gasteiger partial charge on any atom is 0.203 e. The van der Waals surface area contributed by atoms with E-state index < -0.39 is 7.37 Å². The Kier molecular flexibility index (Phi) is 56.5. The van der Waals surface area contributed by atoms with Gasteiger partial charge in [-0.05, 0) is 37.0 Å². The van der Waals surface area contributed by atoms with Crippen LogP contribution in [0.5, 0.6) is 17.2 Å². The summed E-state index contributed by atoms with van der Waals surface area (Å²) in [6, 6.07) is 4.18. The van der Waals surface area contributed by atoms with Crippen LogP contribution in [0.4, 0.5) is 0 Å². The van der Waals surface area contributed by atoms with Gasteiger partial charge in [-0.15, -0.1) is 0 Å². The first-order valence-corrected chi connectivity index (χ1v) is 34.4. The highest BCUT2D eigenvalue weighted by atomic mass is 31.2. The van der Waals surface area contributed by atoms with Crippen LogP contribution < -0.4 is 19.5 Å². The summed E-state index contributed by atoms with van der Waals surface area (Å²) in [5.74, 6) is 2.21. The molecule has 1 unspecified atom stereocenters. The van der Waals surface area contributed by atoms with Crippen LogP contribution in [0.2, 0.25) is 0 Å². The van der Waals surface area contributed by atoms with Crippen molar-refractivity contribution < 1.29 is 61.6 Å². The van der Waals surface area contributed by atoms with Gasteiger partial charge in [-0.25, -0.2) is 5.53 Å². The predicted molar refractivity (Wildman–Crippen MR) is 326 cm³/mol. The van der Waals surface area contributed by atoms with Crippen molar-refractivity contribution in [2.75, 3.05) is 138 Å². The maximum absolute atomic E-state index is 11.2. The molecule has 0 aliphatic rings. The molecule has 1 aromatic rings. The molecule has 0 saturated heterocycles. The van der Waals surface area contributed by atoms with Crippen LogP contribution in [0.15, 0.2) is 29.1 Å². The van der Waals surface area contributed by atoms with Crippen molar-refractivity contribution in [1.82, 2.24) is 5.32 Å². The van der Waals surface area contributed by atoms with Gasteiger partial charge in [-0.1, -0.05) is 194 Å². The van der Waals surface area contributed by atoms with Crippen molar-refractivity contribution in [1.29, 1.82) is 5.53 Å². The summed E-state index contributed by atoms with van der Waals surface area (Å²) < 4.78 is 75.4. The first kappa shape index (κ1) is 75.6. The van der Waals surface area contributed by atoms with E-state index in [0.29, 0.717) is 125 Å². The molecule has 1 rings (SSSR count). The topological polar surface area (TPSA) is 187 Å². The van der Waals surface area contributed by atoms with Crippen molar-refractivity contribution >= 4 is 7.37 Å². The van der Waals surface area contributed by atoms with Gasteiger partial charge in [-0.3, -0.25) is 4.57 Å². The van der Waals surface area contributed by atoms with Gasteiger partial charge in [-0.2, -0.15) is 5.11 Å². The Hall–Kier alpha value is -2.37. The molecular weight excluding hydrogens is 1040 g/mol. The van der Waals surface area contributed by atoms with Crippen LogP contribution in [-0.4, -0.2) is 143 Å². The maximum atomic E-state index is 11.2. The first-order chi connectivity index (χ1) is 39.3. The lowest BCUT2D eigenvalue weighted by Crippen LogP contribution is -2.15. The molecule has 1 aromatic carbocycles. The summed E-state index contributed by atoms with van der Waals surface area (Å²) in [6.07, 6.45) is 40.2. The Bertz CT molecular complexity index is 1510. The fourth-order valence-corrected chi connectivity index (χ4v) is 9.21. The lowest BCUT2D eigenvalue weighted by molar-refractivity contribution is -0.0224. The predicted octanol–water partition coefficient (Wildman–Crippen LogP) is 15.6. The molecule has 0 aliphatic carbocycles. The van der Waals surface area contributed by atoms with E-state index in [1.54, 1.807) is 6.20 Å². The highest BCUT2D eigenvalue weighted by molar-refractivity contribution is 7.57. The van der Waals surface area contributed by atoms with E-state index in [1.165, 1.54) is 161 Å². The largest absolute Gasteiger partial charge is 0.490 e. The third-order valence-electron chi connectivity index (χ3n) is 13.6. The zero-order chi connectivity index (χ0) is 57.8. The molecule has 0 aromatic heterocycles. The highest BCUT2D eigenvalue weighted by Gasteiger charge is 2.17. The van der Waals surface area contributed by atoms with E-state index in [4.69, 9.17) is 57.6 Å². The molecule has 0 aliphatic heterocycles. The Morgan fingerprint density at radius 3 is 1.04 bits per heavy atom. The number of hydrogen-bond acceptors (Lipinski definition) is 15. The van der Waals surface area contributed by atoms with E-state index in [0.717, 1.165) is 61.3 Å². The van der Waals surface area contributed by atoms with Gasteiger partial charge in [0.2, 0.25) is 5.75 Å². The Morgan fingerprint density at radius 1 is 0.438 bits per heavy atom. The van der Waals surface area contributed by atoms with Crippen LogP contribution >= 0.6 is 7.37 Å². The summed E-state index contributed by atoms with van der Waals surface area (Å²) in [4.78, 5) is 9.23. The number of hydrogen-bond donors (Lipinski definition) is 3. The summed E-state index contributed by atoms with van der Waals surface area (Å²) in [6.45, 7) is 17.1. The quantitative estimate of drug-likeness (QED) is 0.0318. The Balaban J connectivity index is 2.58. The summed E-state index contributed by atoms with van der Waals surface area (Å²) in [7, 11) is -3.02. The van der Waals surface area contributed by atoms with E-state index in [1.807, 2.05) is 0 Å². The van der Waals surface area contributed by atoms with Crippen LogP contribution in [0.1, 0.15) is 219 Å². The van der Waals surface area contributed by atoms with Crippen molar-refractivity contribution in [2.45, 2.75) is 220 Å². The van der Waals surface area contributed by atoms with E-state index in [-0.39, 0.29) is 19.4 Å². The molecule has 1 atom stereocenters. The van der Waals surface area contributed by atoms with Crippen molar-refractivity contribution in [2.24, 2.45) is 5.11 Å². The van der Waals surface area contributed by atoms with Gasteiger partial charge < -0.3 is 62.3 Å². The minimum Gasteiger partial charge on any atom is -0.490 e. The number of rotatable bonds is 66. The number of unbranched alkanes of at least 4 members (excludes halogenated alkanes) is 27. The third-order valence-corrected chi connectivity index (χ3v) is 14.6. The molecule has 0 heterocycles. The summed E-state index contributed by atoms with van der Waals surface area (Å²) in [5, 5.41) is 7.09. The molecule has 0 spiro atoms. The molecule has 17 heteroatoms. The smallest absolute Gasteiger partial charge is 0.203 e. The standard InChI is InChI=1S/C63H120N3O13P/c1-5-8-11-14-17-20-23-26-29-32-35-77-61-54-59(55-62(78-36-33-30-27-24-21-18-15-12-9-6-2)63(61)79-37-34-31-28-25-22-19-16-13-10-7-3)56-65-57-60(66-64)58-76-51-50-74-47-46-72-43-42-70-39-38-69-40-41-71-44-45-73-48-49-75-52-53-80(4,67)68/h54-55,57,64-65H,5-53,56,58H2,1-4H3,(H,67,68)/b60-57-,66-64?. The van der Waals surface area contributed by atoms with Gasteiger partial charge in [0.25, 0.3) is 0 Å². The van der Waals surface area contributed by atoms with Crippen molar-refractivity contribution in [3.8, 4) is 17.2 Å². The zero-order valence-corrected chi connectivity index (χ0v) is 52.4. The number of nitrogens with one attached hydrogen (secondary N) is 2. The minimum absolute atomic E-state index is 0.151. The van der Waals surface area contributed by atoms with Gasteiger partial charge in [0.15, 0.2) is 18.9 Å². The number of ether oxygens (including phenoxy) is 11. The average Bonchev–Trinajstić information content (AvgIpc) is 3.45. The summed E-state index contributed by atoms with van der Waals surface area (Å²) in [5.41, 5.74) is 9.29. The molecule has 0 saturated carbocycles. The molecular formula is C63H120N3O13P. The highest BCUT2D eigenvalue weighted by Crippen LogP contribution is 2.40. The van der Waals surface area contributed by atoms with Gasteiger partial charge in [0, 0.05) is 25.6 Å².